The van der Waals surface area contributed by atoms with Crippen LogP contribution in [0.1, 0.15) is 30.6 Å². The van der Waals surface area contributed by atoms with Gasteiger partial charge in [0.15, 0.2) is 0 Å². The Morgan fingerprint density at radius 2 is 1.83 bits per heavy atom. The number of sulfonamides is 1. The molecule has 0 bridgehead atoms. The molecule has 3 aromatic rings. The maximum absolute atomic E-state index is 13.6. The van der Waals surface area contributed by atoms with Crippen LogP contribution in [0.3, 0.4) is 0 Å². The number of benzene rings is 2. The van der Waals surface area contributed by atoms with Crippen molar-refractivity contribution >= 4 is 27.3 Å². The van der Waals surface area contributed by atoms with E-state index in [2.05, 4.69) is 0 Å². The summed E-state index contributed by atoms with van der Waals surface area (Å²) in [7, 11) is -4.30. The lowest BCUT2D eigenvalue weighted by atomic mass is 10.0. The monoisotopic (exact) mass is 456 g/mol. The minimum atomic E-state index is -4.63. The van der Waals surface area contributed by atoms with E-state index < -0.39 is 27.8 Å². The highest BCUT2D eigenvalue weighted by molar-refractivity contribution is 7.92. The highest BCUT2D eigenvalue weighted by Gasteiger charge is 2.40. The number of hydrogen-bond donors (Lipinski definition) is 1. The molecule has 2 heterocycles. The lowest BCUT2D eigenvalue weighted by molar-refractivity contribution is -0.137. The molecule has 0 saturated carbocycles. The zero-order valence-corrected chi connectivity index (χ0v) is 17.1. The van der Waals surface area contributed by atoms with Gasteiger partial charge in [0.25, 0.3) is 10.0 Å². The summed E-state index contributed by atoms with van der Waals surface area (Å²) in [5.41, 5.74) is -0.0698. The van der Waals surface area contributed by atoms with Gasteiger partial charge in [-0.25, -0.2) is 8.42 Å². The molecule has 1 N–H and O–H groups in total. The van der Waals surface area contributed by atoms with Gasteiger partial charge in [-0.3, -0.25) is 4.31 Å². The summed E-state index contributed by atoms with van der Waals surface area (Å²) in [6, 6.07) is 9.15. The van der Waals surface area contributed by atoms with Crippen LogP contribution in [0.25, 0.3) is 5.69 Å². The van der Waals surface area contributed by atoms with E-state index in [1.165, 1.54) is 12.1 Å². The second-order valence-electron chi connectivity index (χ2n) is 6.84. The largest absolute Gasteiger partial charge is 0.506 e. The van der Waals surface area contributed by atoms with Gasteiger partial charge in [0.05, 0.1) is 32.9 Å². The molecular weight excluding hydrogens is 441 g/mol. The molecule has 30 heavy (non-hydrogen) atoms. The number of fused-ring (bicyclic) bond motifs is 3. The summed E-state index contributed by atoms with van der Waals surface area (Å²) < 4.78 is 70.0. The molecule has 158 valence electrons. The summed E-state index contributed by atoms with van der Waals surface area (Å²) in [4.78, 5) is -0.230. The van der Waals surface area contributed by atoms with E-state index in [0.717, 1.165) is 28.6 Å². The van der Waals surface area contributed by atoms with Crippen molar-refractivity contribution in [2.24, 2.45) is 0 Å². The molecule has 0 spiro atoms. The van der Waals surface area contributed by atoms with Crippen LogP contribution < -0.4 is 4.31 Å². The lowest BCUT2D eigenvalue weighted by Gasteiger charge is -2.38. The van der Waals surface area contributed by atoms with Gasteiger partial charge in [-0.2, -0.15) is 13.2 Å². The van der Waals surface area contributed by atoms with E-state index in [1.807, 2.05) is 0 Å². The van der Waals surface area contributed by atoms with Crippen molar-refractivity contribution in [2.45, 2.75) is 30.5 Å². The second-order valence-corrected chi connectivity index (χ2v) is 9.06. The van der Waals surface area contributed by atoms with Gasteiger partial charge < -0.3 is 9.67 Å². The number of rotatable bonds is 3. The van der Waals surface area contributed by atoms with Crippen molar-refractivity contribution in [2.75, 3.05) is 4.31 Å². The van der Waals surface area contributed by atoms with Gasteiger partial charge in [-0.15, -0.1) is 0 Å². The zero-order valence-electron chi connectivity index (χ0n) is 15.6. The molecule has 1 aliphatic heterocycles. The van der Waals surface area contributed by atoms with E-state index in [9.17, 15) is 26.7 Å². The summed E-state index contributed by atoms with van der Waals surface area (Å²) in [6.07, 6.45) is -2.62. The molecule has 0 amide bonds. The molecule has 0 radical (unpaired) electrons. The van der Waals surface area contributed by atoms with Gasteiger partial charge in [0.2, 0.25) is 0 Å². The average Bonchev–Trinajstić information content (AvgIpc) is 3.17. The molecule has 10 heteroatoms. The van der Waals surface area contributed by atoms with Crippen molar-refractivity contribution < 1.29 is 26.7 Å². The lowest BCUT2D eigenvalue weighted by Crippen LogP contribution is -2.39. The van der Waals surface area contributed by atoms with Crippen molar-refractivity contribution in [3.05, 3.63) is 71.0 Å². The Kier molecular flexibility index (Phi) is 4.78. The minimum Gasteiger partial charge on any atom is -0.506 e. The van der Waals surface area contributed by atoms with E-state index in [1.54, 1.807) is 29.8 Å². The number of phenolic OH excluding ortho intramolecular Hbond substituents is 1. The number of hydrogen-bond acceptors (Lipinski definition) is 3. The zero-order chi connectivity index (χ0) is 21.8. The summed E-state index contributed by atoms with van der Waals surface area (Å²) in [5, 5.41) is 9.46. The fourth-order valence-corrected chi connectivity index (χ4v) is 5.66. The molecule has 0 fully saturated rings. The minimum absolute atomic E-state index is 0.0791. The maximum Gasteiger partial charge on any atom is 0.416 e. The van der Waals surface area contributed by atoms with Gasteiger partial charge >= 0.3 is 6.18 Å². The van der Waals surface area contributed by atoms with Crippen molar-refractivity contribution in [3.8, 4) is 11.4 Å². The molecule has 1 aromatic heterocycles. The number of phenols is 1. The number of anilines is 1. The van der Waals surface area contributed by atoms with Crippen LogP contribution in [0, 0.1) is 0 Å². The Morgan fingerprint density at radius 3 is 2.47 bits per heavy atom. The number of halogens is 4. The fraction of sp³-hybridized carbons (Fsp3) is 0.200. The maximum atomic E-state index is 13.6. The first-order valence-corrected chi connectivity index (χ1v) is 10.8. The highest BCUT2D eigenvalue weighted by atomic mass is 35.5. The Balaban J connectivity index is 2.00. The molecule has 1 atom stereocenters. The molecule has 0 aliphatic carbocycles. The summed E-state index contributed by atoms with van der Waals surface area (Å²) >= 11 is 5.89. The van der Waals surface area contributed by atoms with E-state index in [0.29, 0.717) is 17.8 Å². The molecular formula is C20H16ClF3N2O3S. The van der Waals surface area contributed by atoms with Crippen LogP contribution in [0.5, 0.6) is 5.75 Å². The van der Waals surface area contributed by atoms with Crippen molar-refractivity contribution in [1.29, 1.82) is 0 Å². The third-order valence-electron chi connectivity index (χ3n) is 5.07. The van der Waals surface area contributed by atoms with Crippen LogP contribution in [0.15, 0.2) is 59.6 Å². The Bertz CT molecular complexity index is 1240. The van der Waals surface area contributed by atoms with E-state index >= 15 is 0 Å². The predicted octanol–water partition coefficient (Wildman–Crippen LogP) is 5.52. The highest BCUT2D eigenvalue weighted by Crippen LogP contribution is 2.46. The summed E-state index contributed by atoms with van der Waals surface area (Å²) in [6.45, 7) is 1.76. The van der Waals surface area contributed by atoms with Crippen molar-refractivity contribution in [3.63, 3.8) is 0 Å². The molecule has 1 unspecified atom stereocenters. The smallest absolute Gasteiger partial charge is 0.416 e. The van der Waals surface area contributed by atoms with Crippen LogP contribution in [0.4, 0.5) is 18.9 Å². The second kappa shape index (κ2) is 6.95. The number of nitrogens with zero attached hydrogens (tertiary/aromatic N) is 2. The molecule has 2 aromatic carbocycles. The third-order valence-corrected chi connectivity index (χ3v) is 7.19. The Morgan fingerprint density at radius 1 is 1.10 bits per heavy atom. The number of aromatic nitrogens is 1. The van der Waals surface area contributed by atoms with E-state index in [-0.39, 0.29) is 21.4 Å². The summed E-state index contributed by atoms with van der Waals surface area (Å²) in [5.74, 6) is -0.296. The topological polar surface area (TPSA) is 62.5 Å². The molecule has 1 aliphatic rings. The van der Waals surface area contributed by atoms with Gasteiger partial charge in [-0.05, 0) is 55.0 Å². The van der Waals surface area contributed by atoms with E-state index in [4.69, 9.17) is 11.6 Å². The Labute approximate surface area is 176 Å². The van der Waals surface area contributed by atoms with Crippen LogP contribution in [-0.2, 0) is 16.2 Å². The van der Waals surface area contributed by atoms with Crippen molar-refractivity contribution in [1.82, 2.24) is 4.57 Å². The molecule has 5 nitrogen and oxygen atoms in total. The number of alkyl halides is 3. The first-order chi connectivity index (χ1) is 14.1. The fourth-order valence-electron chi connectivity index (χ4n) is 3.69. The number of aromatic hydroxyl groups is 1. The SMILES string of the molecule is CCC1c2cccn2-c2ccc(C(F)(F)F)cc2N1S(=O)(=O)c1ccc(O)c(Cl)c1. The quantitative estimate of drug-likeness (QED) is 0.565. The van der Waals surface area contributed by atoms with Gasteiger partial charge in [0.1, 0.15) is 5.75 Å². The first kappa shape index (κ1) is 20.6. The van der Waals surface area contributed by atoms with Crippen LogP contribution >= 0.6 is 11.6 Å². The molecule has 0 saturated heterocycles. The standard InChI is InChI=1S/C20H16ClF3N2O3S/c1-2-15-16-4-3-9-25(16)17-7-5-12(20(22,23)24)10-18(17)26(15)30(28,29)13-6-8-19(27)14(21)11-13/h3-11,15,27H,2H2,1H3. The van der Waals surface area contributed by atoms with Crippen LogP contribution in [-0.4, -0.2) is 18.1 Å². The predicted molar refractivity (Wildman–Crippen MR) is 107 cm³/mol. The average molecular weight is 457 g/mol. The van der Waals surface area contributed by atoms with Gasteiger partial charge in [-0.1, -0.05) is 18.5 Å². The first-order valence-electron chi connectivity index (χ1n) is 8.97. The Hall–Kier alpha value is -2.65. The normalized spacial score (nSPS) is 16.3. The van der Waals surface area contributed by atoms with Gasteiger partial charge in [0, 0.05) is 11.9 Å². The third kappa shape index (κ3) is 3.13. The van der Waals surface area contributed by atoms with Crippen LogP contribution in [0.2, 0.25) is 5.02 Å². The molecule has 4 rings (SSSR count).